The van der Waals surface area contributed by atoms with Gasteiger partial charge in [0.15, 0.2) is 6.29 Å². The van der Waals surface area contributed by atoms with Crippen molar-refractivity contribution in [2.75, 3.05) is 19.8 Å². The summed E-state index contributed by atoms with van der Waals surface area (Å²) in [6, 6.07) is 10.3. The molecule has 0 aliphatic rings. The highest BCUT2D eigenvalue weighted by molar-refractivity contribution is 14.1. The van der Waals surface area contributed by atoms with Crippen LogP contribution in [-0.4, -0.2) is 34.2 Å². The van der Waals surface area contributed by atoms with E-state index >= 15 is 0 Å². The molecule has 0 atom stereocenters. The third kappa shape index (κ3) is 10.0. The molecule has 0 aliphatic heterocycles. The Bertz CT molecular complexity index is 604. The van der Waals surface area contributed by atoms with Gasteiger partial charge in [0.2, 0.25) is 0 Å². The van der Waals surface area contributed by atoms with Crippen molar-refractivity contribution in [1.29, 1.82) is 0 Å². The van der Waals surface area contributed by atoms with E-state index in [0.29, 0.717) is 26.4 Å². The fraction of sp³-hybridized carbons (Fsp3) is 0.524. The van der Waals surface area contributed by atoms with Crippen LogP contribution in [-0.2, 0) is 20.8 Å². The molecule has 0 unspecified atom stereocenters. The van der Waals surface area contributed by atoms with Gasteiger partial charge in [-0.25, -0.2) is 0 Å². The molecule has 0 saturated carbocycles. The van der Waals surface area contributed by atoms with Gasteiger partial charge in [-0.15, -0.1) is 0 Å². The molecular weight excluding hydrogens is 582 g/mol. The minimum absolute atomic E-state index is 0.298. The lowest BCUT2D eigenvalue weighted by Gasteiger charge is -2.25. The van der Waals surface area contributed by atoms with Crippen LogP contribution in [0.1, 0.15) is 25.8 Å². The van der Waals surface area contributed by atoms with E-state index in [1.165, 1.54) is 17.9 Å². The molecule has 0 spiro atoms. The van der Waals surface area contributed by atoms with E-state index < -0.39 is 8.07 Å². The SMILES string of the molecule is CCOC(OCC)C(/C=C(\I)CCOCc1ccccc1)=C(/I)[Si](C)(C)C. The van der Waals surface area contributed by atoms with E-state index in [1.54, 1.807) is 0 Å². The zero-order valence-electron chi connectivity index (χ0n) is 17.1. The standard InChI is InChI=1S/C21H32I2O3Si/c1-6-25-21(26-7-2)19(20(23)27(3,4)5)15-18(22)13-14-24-16-17-11-9-8-10-12-17/h8-12,15,21H,6-7,13-14,16H2,1-5H3/b18-15-,20-19-. The Labute approximate surface area is 193 Å². The molecule has 27 heavy (non-hydrogen) atoms. The van der Waals surface area contributed by atoms with Gasteiger partial charge < -0.3 is 14.2 Å². The van der Waals surface area contributed by atoms with Crippen molar-refractivity contribution in [2.24, 2.45) is 0 Å². The molecule has 0 heterocycles. The first-order valence-corrected chi connectivity index (χ1v) is 15.1. The number of halogens is 2. The van der Waals surface area contributed by atoms with Crippen LogP contribution in [0.5, 0.6) is 0 Å². The lowest BCUT2D eigenvalue weighted by molar-refractivity contribution is -0.109. The Balaban J connectivity index is 2.82. The molecule has 0 fully saturated rings. The second kappa shape index (κ2) is 13.5. The Morgan fingerprint density at radius 1 is 1.04 bits per heavy atom. The van der Waals surface area contributed by atoms with Gasteiger partial charge in [-0.05, 0) is 54.9 Å². The first-order chi connectivity index (χ1) is 12.8. The molecule has 152 valence electrons. The third-order valence-corrected chi connectivity index (χ3v) is 11.6. The fourth-order valence-electron chi connectivity index (χ4n) is 2.37. The Hall–Kier alpha value is 0.257. The van der Waals surface area contributed by atoms with Crippen LogP contribution in [0.4, 0.5) is 0 Å². The predicted octanol–water partition coefficient (Wildman–Crippen LogP) is 6.88. The first-order valence-electron chi connectivity index (χ1n) is 9.40. The maximum atomic E-state index is 5.90. The van der Waals surface area contributed by atoms with Crippen LogP contribution in [0, 0.1) is 0 Å². The van der Waals surface area contributed by atoms with Gasteiger partial charge in [0.05, 0.1) is 21.3 Å². The van der Waals surface area contributed by atoms with Crippen molar-refractivity contribution in [2.45, 2.75) is 52.8 Å². The molecule has 0 aliphatic carbocycles. The van der Waals surface area contributed by atoms with Crippen molar-refractivity contribution in [1.82, 2.24) is 0 Å². The monoisotopic (exact) mass is 614 g/mol. The van der Waals surface area contributed by atoms with Crippen molar-refractivity contribution in [3.8, 4) is 0 Å². The van der Waals surface area contributed by atoms with Crippen LogP contribution in [0.15, 0.2) is 48.8 Å². The summed E-state index contributed by atoms with van der Waals surface area (Å²) in [6.45, 7) is 13.7. The summed E-state index contributed by atoms with van der Waals surface area (Å²) in [5, 5.41) is 0. The first kappa shape index (κ1) is 25.3. The minimum atomic E-state index is -1.47. The van der Waals surface area contributed by atoms with Gasteiger partial charge >= 0.3 is 0 Å². The number of ether oxygens (including phenoxy) is 3. The van der Waals surface area contributed by atoms with E-state index in [0.717, 1.165) is 6.42 Å². The topological polar surface area (TPSA) is 27.7 Å². The van der Waals surface area contributed by atoms with Crippen LogP contribution < -0.4 is 0 Å². The van der Waals surface area contributed by atoms with E-state index in [2.05, 4.69) is 83.0 Å². The molecule has 0 bridgehead atoms. The van der Waals surface area contributed by atoms with Crippen LogP contribution in [0.2, 0.25) is 19.6 Å². The largest absolute Gasteiger partial charge is 0.376 e. The minimum Gasteiger partial charge on any atom is -0.376 e. The van der Waals surface area contributed by atoms with Crippen LogP contribution in [0.25, 0.3) is 0 Å². The van der Waals surface area contributed by atoms with E-state index in [1.807, 2.05) is 32.0 Å². The lowest BCUT2D eigenvalue weighted by Crippen LogP contribution is -2.28. The van der Waals surface area contributed by atoms with Gasteiger partial charge in [0, 0.05) is 25.2 Å². The van der Waals surface area contributed by atoms with Crippen molar-refractivity contribution in [3.05, 3.63) is 54.3 Å². The van der Waals surface area contributed by atoms with E-state index in [4.69, 9.17) is 14.2 Å². The molecule has 0 N–H and O–H groups in total. The Morgan fingerprint density at radius 2 is 1.63 bits per heavy atom. The molecular formula is C21H32I2O3Si. The van der Waals surface area contributed by atoms with Gasteiger partial charge in [-0.3, -0.25) is 0 Å². The van der Waals surface area contributed by atoms with Gasteiger partial charge in [-0.2, -0.15) is 0 Å². The number of hydrogen-bond acceptors (Lipinski definition) is 3. The molecule has 1 aromatic rings. The second-order valence-corrected chi connectivity index (χ2v) is 15.6. The predicted molar refractivity (Wildman–Crippen MR) is 134 cm³/mol. The summed E-state index contributed by atoms with van der Waals surface area (Å²) in [6.07, 6.45) is 2.83. The molecule has 1 rings (SSSR count). The fourth-order valence-corrected chi connectivity index (χ4v) is 4.39. The van der Waals surface area contributed by atoms with Crippen LogP contribution >= 0.6 is 45.2 Å². The maximum absolute atomic E-state index is 5.90. The molecule has 0 amide bonds. The van der Waals surface area contributed by atoms with Crippen molar-refractivity contribution >= 4 is 53.3 Å². The molecule has 1 aromatic carbocycles. The average molecular weight is 614 g/mol. The Morgan fingerprint density at radius 3 is 2.15 bits per heavy atom. The molecule has 0 aromatic heterocycles. The van der Waals surface area contributed by atoms with Crippen molar-refractivity contribution < 1.29 is 14.2 Å². The molecule has 3 nitrogen and oxygen atoms in total. The highest BCUT2D eigenvalue weighted by Crippen LogP contribution is 2.31. The summed E-state index contributed by atoms with van der Waals surface area (Å²) >= 11 is 4.90. The summed E-state index contributed by atoms with van der Waals surface area (Å²) in [5.41, 5.74) is 2.38. The third-order valence-electron chi connectivity index (χ3n) is 3.71. The van der Waals surface area contributed by atoms with E-state index in [-0.39, 0.29) is 6.29 Å². The summed E-state index contributed by atoms with van der Waals surface area (Å²) in [4.78, 5) is 0. The quantitative estimate of drug-likeness (QED) is 0.0846. The molecule has 6 heteroatoms. The maximum Gasteiger partial charge on any atom is 0.184 e. The zero-order chi connectivity index (χ0) is 20.3. The van der Waals surface area contributed by atoms with Gasteiger partial charge in [0.25, 0.3) is 0 Å². The number of benzene rings is 1. The Kier molecular flexibility index (Phi) is 12.6. The molecule has 0 saturated heterocycles. The van der Waals surface area contributed by atoms with E-state index in [9.17, 15) is 0 Å². The summed E-state index contributed by atoms with van der Waals surface area (Å²) < 4.78 is 20.3. The van der Waals surface area contributed by atoms with Crippen molar-refractivity contribution in [3.63, 3.8) is 0 Å². The van der Waals surface area contributed by atoms with Gasteiger partial charge in [-0.1, -0.05) is 72.6 Å². The average Bonchev–Trinajstić information content (AvgIpc) is 2.63. The van der Waals surface area contributed by atoms with Gasteiger partial charge in [0.1, 0.15) is 0 Å². The zero-order valence-corrected chi connectivity index (χ0v) is 22.4. The number of rotatable bonds is 12. The highest BCUT2D eigenvalue weighted by atomic mass is 127. The number of hydrogen-bond donors (Lipinski definition) is 0. The highest BCUT2D eigenvalue weighted by Gasteiger charge is 2.25. The smallest absolute Gasteiger partial charge is 0.184 e. The normalized spacial score (nSPS) is 13.9. The second-order valence-electron chi connectivity index (χ2n) is 7.14. The summed E-state index contributed by atoms with van der Waals surface area (Å²) in [5.74, 6) is 0. The van der Waals surface area contributed by atoms with Crippen LogP contribution in [0.3, 0.4) is 0 Å². The summed E-state index contributed by atoms with van der Waals surface area (Å²) in [7, 11) is -1.47. The molecule has 0 radical (unpaired) electrons. The lowest BCUT2D eigenvalue weighted by atomic mass is 10.2.